The van der Waals surface area contributed by atoms with Gasteiger partial charge in [0.15, 0.2) is 0 Å². The molecule has 0 bridgehead atoms. The van der Waals surface area contributed by atoms with Gasteiger partial charge in [0.1, 0.15) is 0 Å². The summed E-state index contributed by atoms with van der Waals surface area (Å²) in [4.78, 5) is 10.2. The van der Waals surface area contributed by atoms with Gasteiger partial charge in [-0.3, -0.25) is 0 Å². The van der Waals surface area contributed by atoms with Crippen molar-refractivity contribution >= 4 is 24.5 Å². The molecule has 0 spiro atoms. The monoisotopic (exact) mass is 244 g/mol. The third-order valence-electron chi connectivity index (χ3n) is 0.479. The molecule has 0 aromatic rings. The van der Waals surface area contributed by atoms with Crippen LogP contribution >= 0.6 is 24.5 Å². The van der Waals surface area contributed by atoms with E-state index >= 15 is 0 Å². The molecule has 0 amide bonds. The zero-order valence-corrected chi connectivity index (χ0v) is 9.27. The normalized spacial score (nSPS) is 8.82. The van der Waals surface area contributed by atoms with E-state index in [1.54, 1.807) is 4.99 Å². The molecule has 0 radical (unpaired) electrons. The van der Waals surface area contributed by atoms with Crippen molar-refractivity contribution in [2.75, 3.05) is 13.2 Å². The second-order valence-electron chi connectivity index (χ2n) is 1.23. The molecule has 0 aliphatic rings. The van der Waals surface area contributed by atoms with E-state index in [9.17, 15) is 0 Å². The lowest BCUT2D eigenvalue weighted by Crippen LogP contribution is -1.87. The summed E-state index contributed by atoms with van der Waals surface area (Å²) < 4.78 is 9.36. The Morgan fingerprint density at radius 1 is 1.45 bits per heavy atom. The molecular formula is C6H14BrO3P. The second-order valence-corrected chi connectivity index (χ2v) is 2.87. The zero-order chi connectivity index (χ0) is 9.11. The van der Waals surface area contributed by atoms with E-state index in [0.717, 1.165) is 0 Å². The highest BCUT2D eigenvalue weighted by Gasteiger charge is 2.00. The van der Waals surface area contributed by atoms with Crippen LogP contribution in [0.3, 0.4) is 0 Å². The summed E-state index contributed by atoms with van der Waals surface area (Å²) in [6.45, 7) is 7.90. The van der Waals surface area contributed by atoms with E-state index in [1.807, 2.05) is 13.8 Å². The Hall–Kier alpha value is 0.530. The van der Waals surface area contributed by atoms with Crippen LogP contribution in [-0.4, -0.2) is 18.1 Å². The van der Waals surface area contributed by atoms with Crippen molar-refractivity contribution in [2.45, 2.75) is 13.8 Å². The molecule has 0 heterocycles. The van der Waals surface area contributed by atoms with Crippen LogP contribution in [0.5, 0.6) is 0 Å². The summed E-state index contributed by atoms with van der Waals surface area (Å²) in [6, 6.07) is 0. The number of hydrogen-bond acceptors (Lipinski definition) is 3. The van der Waals surface area contributed by atoms with Gasteiger partial charge in [0.25, 0.3) is 0 Å². The lowest BCUT2D eigenvalue weighted by Gasteiger charge is -2.05. The van der Waals surface area contributed by atoms with Crippen molar-refractivity contribution in [3.63, 3.8) is 0 Å². The van der Waals surface area contributed by atoms with Crippen molar-refractivity contribution in [3.05, 3.63) is 11.6 Å². The quantitative estimate of drug-likeness (QED) is 0.774. The summed E-state index contributed by atoms with van der Waals surface area (Å²) in [5.41, 5.74) is 0. The highest BCUT2D eigenvalue weighted by atomic mass is 79.9. The minimum atomic E-state index is -1.58. The molecule has 3 nitrogen and oxygen atoms in total. The van der Waals surface area contributed by atoms with Crippen molar-refractivity contribution in [1.82, 2.24) is 0 Å². The maximum absolute atomic E-state index is 8.67. The molecule has 0 aromatic carbocycles. The number of halogens is 1. The lowest BCUT2D eigenvalue weighted by molar-refractivity contribution is 0.216. The molecule has 1 N–H and O–H groups in total. The first-order valence-corrected chi connectivity index (χ1v) is 5.23. The molecule has 0 aromatic heterocycles. The number of rotatable bonds is 4. The molecule has 0 saturated heterocycles. The van der Waals surface area contributed by atoms with Crippen LogP contribution in [0.15, 0.2) is 11.6 Å². The Morgan fingerprint density at radius 2 is 1.73 bits per heavy atom. The molecule has 0 rings (SSSR count). The van der Waals surface area contributed by atoms with Gasteiger partial charge < -0.3 is 13.9 Å². The van der Waals surface area contributed by atoms with Gasteiger partial charge in [-0.1, -0.05) is 22.5 Å². The van der Waals surface area contributed by atoms with Gasteiger partial charge in [-0.05, 0) is 18.8 Å². The predicted molar refractivity (Wildman–Crippen MR) is 51.5 cm³/mol. The van der Waals surface area contributed by atoms with Crippen LogP contribution in [-0.2, 0) is 9.05 Å². The minimum absolute atomic E-state index is 0.502. The lowest BCUT2D eigenvalue weighted by atomic mass is 10.9. The third kappa shape index (κ3) is 18.0. The van der Waals surface area contributed by atoms with Crippen LogP contribution < -0.4 is 0 Å². The van der Waals surface area contributed by atoms with E-state index in [-0.39, 0.29) is 0 Å². The summed E-state index contributed by atoms with van der Waals surface area (Å²) in [5.74, 6) is 0. The summed E-state index contributed by atoms with van der Waals surface area (Å²) in [7, 11) is -1.58. The van der Waals surface area contributed by atoms with Crippen LogP contribution in [0.2, 0.25) is 0 Å². The average molecular weight is 245 g/mol. The van der Waals surface area contributed by atoms with E-state index in [2.05, 4.69) is 31.6 Å². The zero-order valence-electron chi connectivity index (χ0n) is 6.79. The summed E-state index contributed by atoms with van der Waals surface area (Å²) >= 11 is 2.91. The van der Waals surface area contributed by atoms with Gasteiger partial charge in [-0.2, -0.15) is 0 Å². The first-order chi connectivity index (χ1) is 5.22. The van der Waals surface area contributed by atoms with Crippen LogP contribution in [0.25, 0.3) is 0 Å². The SMILES string of the molecule is C=CBr.CCOP(O)OCC. The highest BCUT2D eigenvalue weighted by molar-refractivity contribution is 9.11. The van der Waals surface area contributed by atoms with Crippen molar-refractivity contribution in [2.24, 2.45) is 0 Å². The van der Waals surface area contributed by atoms with E-state index < -0.39 is 8.60 Å². The highest BCUT2D eigenvalue weighted by Crippen LogP contribution is 2.31. The van der Waals surface area contributed by atoms with E-state index in [1.165, 1.54) is 0 Å². The Labute approximate surface area is 77.5 Å². The Morgan fingerprint density at radius 3 is 1.91 bits per heavy atom. The Bertz CT molecular complexity index is 76.2. The fraction of sp³-hybridized carbons (Fsp3) is 0.667. The first kappa shape index (κ1) is 14.1. The van der Waals surface area contributed by atoms with Gasteiger partial charge in [-0.25, -0.2) is 0 Å². The smallest absolute Gasteiger partial charge is 0.328 e. The van der Waals surface area contributed by atoms with Gasteiger partial charge in [-0.15, -0.1) is 0 Å². The largest absolute Gasteiger partial charge is 0.329 e. The molecule has 11 heavy (non-hydrogen) atoms. The van der Waals surface area contributed by atoms with Gasteiger partial charge >= 0.3 is 8.60 Å². The van der Waals surface area contributed by atoms with Crippen molar-refractivity contribution in [3.8, 4) is 0 Å². The van der Waals surface area contributed by atoms with Gasteiger partial charge in [0.2, 0.25) is 0 Å². The van der Waals surface area contributed by atoms with Gasteiger partial charge in [0, 0.05) is 0 Å². The van der Waals surface area contributed by atoms with E-state index in [4.69, 9.17) is 4.89 Å². The van der Waals surface area contributed by atoms with Crippen LogP contribution in [0.4, 0.5) is 0 Å². The van der Waals surface area contributed by atoms with Crippen molar-refractivity contribution < 1.29 is 13.9 Å². The third-order valence-corrected chi connectivity index (χ3v) is 1.44. The van der Waals surface area contributed by atoms with Gasteiger partial charge in [0.05, 0.1) is 13.2 Å². The standard InChI is InChI=1S/C4H11O3P.C2H3Br/c1-3-6-8(5)7-4-2;1-2-3/h5H,3-4H2,1-2H3;2H,1H2. The summed E-state index contributed by atoms with van der Waals surface area (Å²) in [6.07, 6.45) is 0. The molecule has 0 unspecified atom stereocenters. The molecule has 0 fully saturated rings. The molecule has 0 aliphatic heterocycles. The molecule has 0 aliphatic carbocycles. The average Bonchev–Trinajstić information content (AvgIpc) is 1.90. The topological polar surface area (TPSA) is 38.7 Å². The van der Waals surface area contributed by atoms with Crippen LogP contribution in [0.1, 0.15) is 13.8 Å². The first-order valence-electron chi connectivity index (χ1n) is 3.18. The molecule has 5 heteroatoms. The fourth-order valence-corrected chi connectivity index (χ4v) is 0.774. The Kier molecular flexibility index (Phi) is 16.8. The van der Waals surface area contributed by atoms with E-state index in [0.29, 0.717) is 13.2 Å². The molecule has 0 atom stereocenters. The maximum Gasteiger partial charge on any atom is 0.329 e. The minimum Gasteiger partial charge on any atom is -0.328 e. The van der Waals surface area contributed by atoms with Crippen LogP contribution in [0, 0.1) is 0 Å². The predicted octanol–water partition coefficient (Wildman–Crippen LogP) is 2.80. The second kappa shape index (κ2) is 13.1. The fourth-order valence-electron chi connectivity index (χ4n) is 0.258. The molecular weight excluding hydrogens is 231 g/mol. The van der Waals surface area contributed by atoms with Crippen molar-refractivity contribution in [1.29, 1.82) is 0 Å². The number of hydrogen-bond donors (Lipinski definition) is 1. The summed E-state index contributed by atoms with van der Waals surface area (Å²) in [5, 5.41) is 0. The maximum atomic E-state index is 8.67. The Balaban J connectivity index is 0. The molecule has 68 valence electrons. The molecule has 0 saturated carbocycles.